The molecule has 1 aliphatic carbocycles. The van der Waals surface area contributed by atoms with Crippen molar-refractivity contribution in [2.45, 2.75) is 61.9 Å². The average molecular weight is 359 g/mol. The number of rotatable bonds is 7. The van der Waals surface area contributed by atoms with Crippen molar-refractivity contribution >= 4 is 17.7 Å². The Bertz CT molecular complexity index is 684. The molecule has 0 radical (unpaired) electrons. The van der Waals surface area contributed by atoms with Crippen LogP contribution < -0.4 is 5.32 Å². The number of tetrazole rings is 1. The van der Waals surface area contributed by atoms with Gasteiger partial charge in [-0.15, -0.1) is 5.10 Å². The Hall–Kier alpha value is -1.89. The van der Waals surface area contributed by atoms with Gasteiger partial charge in [0, 0.05) is 6.54 Å². The second kappa shape index (κ2) is 8.47. The van der Waals surface area contributed by atoms with Crippen molar-refractivity contribution in [1.82, 2.24) is 25.5 Å². The molecule has 0 spiro atoms. The lowest BCUT2D eigenvalue weighted by atomic mass is 10.0. The predicted molar refractivity (Wildman–Crippen MR) is 98.5 cm³/mol. The molecule has 0 saturated heterocycles. The number of amides is 1. The molecule has 1 aromatic heterocycles. The summed E-state index contributed by atoms with van der Waals surface area (Å²) in [7, 11) is 0. The largest absolute Gasteiger partial charge is 0.355 e. The summed E-state index contributed by atoms with van der Waals surface area (Å²) < 4.78 is 1.90. The van der Waals surface area contributed by atoms with Crippen LogP contribution in [-0.4, -0.2) is 37.9 Å². The van der Waals surface area contributed by atoms with Gasteiger partial charge in [0.05, 0.1) is 11.3 Å². The zero-order valence-electron chi connectivity index (χ0n) is 14.8. The minimum absolute atomic E-state index is 0.0220. The van der Waals surface area contributed by atoms with Crippen molar-refractivity contribution in [3.8, 4) is 0 Å². The zero-order valence-corrected chi connectivity index (χ0v) is 15.6. The van der Waals surface area contributed by atoms with Gasteiger partial charge in [-0.3, -0.25) is 4.79 Å². The molecule has 0 unspecified atom stereocenters. The second-order valence-corrected chi connectivity index (χ2v) is 7.97. The molecule has 2 atom stereocenters. The van der Waals surface area contributed by atoms with Gasteiger partial charge in [-0.1, -0.05) is 61.9 Å². The van der Waals surface area contributed by atoms with E-state index in [4.69, 9.17) is 0 Å². The lowest BCUT2D eigenvalue weighted by Crippen LogP contribution is -2.33. The Kier molecular flexibility index (Phi) is 6.07. The van der Waals surface area contributed by atoms with Crippen LogP contribution in [-0.2, 0) is 4.79 Å². The molecule has 1 N–H and O–H groups in total. The lowest BCUT2D eigenvalue weighted by Gasteiger charge is -2.16. The molecule has 1 aromatic carbocycles. The van der Waals surface area contributed by atoms with Crippen LogP contribution in [0.1, 0.15) is 57.1 Å². The quantitative estimate of drug-likeness (QED) is 0.769. The highest BCUT2D eigenvalue weighted by atomic mass is 32.2. The Morgan fingerprint density at radius 2 is 2.00 bits per heavy atom. The summed E-state index contributed by atoms with van der Waals surface area (Å²) in [5.74, 6) is 0.305. The maximum Gasteiger partial charge on any atom is 0.233 e. The maximum absolute atomic E-state index is 12.4. The van der Waals surface area contributed by atoms with Crippen molar-refractivity contribution in [3.05, 3.63) is 35.9 Å². The number of hydrogen-bond donors (Lipinski definition) is 1. The van der Waals surface area contributed by atoms with Gasteiger partial charge >= 0.3 is 0 Å². The number of hydrogen-bond acceptors (Lipinski definition) is 5. The number of thioether (sulfide) groups is 1. The number of benzene rings is 1. The highest BCUT2D eigenvalue weighted by Crippen LogP contribution is 2.32. The summed E-state index contributed by atoms with van der Waals surface area (Å²) in [6.07, 6.45) is 4.69. The lowest BCUT2D eigenvalue weighted by molar-refractivity contribution is -0.120. The summed E-state index contributed by atoms with van der Waals surface area (Å²) in [6, 6.07) is 10.6. The SMILES string of the molecule is C[C@H](CNC(=O)[C@@H](C)Sc1nnnn1C1CCCC1)c1ccccc1. The van der Waals surface area contributed by atoms with Crippen LogP contribution in [0.25, 0.3) is 0 Å². The average Bonchev–Trinajstić information content (AvgIpc) is 3.31. The molecule has 1 saturated carbocycles. The first kappa shape index (κ1) is 17.9. The topological polar surface area (TPSA) is 72.7 Å². The van der Waals surface area contributed by atoms with E-state index in [-0.39, 0.29) is 17.1 Å². The van der Waals surface area contributed by atoms with Crippen molar-refractivity contribution in [2.75, 3.05) is 6.54 Å². The van der Waals surface area contributed by atoms with Gasteiger partial charge in [0.1, 0.15) is 0 Å². The van der Waals surface area contributed by atoms with Crippen LogP contribution >= 0.6 is 11.8 Å². The number of nitrogens with zero attached hydrogens (tertiary/aromatic N) is 4. The van der Waals surface area contributed by atoms with Crippen LogP contribution in [0.5, 0.6) is 0 Å². The van der Waals surface area contributed by atoms with Gasteiger partial charge in [0.25, 0.3) is 0 Å². The molecule has 7 heteroatoms. The van der Waals surface area contributed by atoms with Gasteiger partial charge < -0.3 is 5.32 Å². The molecule has 134 valence electrons. The Balaban J connectivity index is 1.52. The normalized spacial score (nSPS) is 17.4. The molecule has 1 heterocycles. The van der Waals surface area contributed by atoms with E-state index in [0.717, 1.165) is 18.0 Å². The fourth-order valence-electron chi connectivity index (χ4n) is 3.15. The molecular formula is C18H25N5OS. The molecule has 25 heavy (non-hydrogen) atoms. The number of nitrogens with one attached hydrogen (secondary N) is 1. The molecular weight excluding hydrogens is 334 g/mol. The summed E-state index contributed by atoms with van der Waals surface area (Å²) >= 11 is 1.43. The van der Waals surface area contributed by atoms with Crippen molar-refractivity contribution in [1.29, 1.82) is 0 Å². The van der Waals surface area contributed by atoms with E-state index in [1.54, 1.807) is 0 Å². The van der Waals surface area contributed by atoms with Gasteiger partial charge in [0.15, 0.2) is 0 Å². The monoisotopic (exact) mass is 359 g/mol. The van der Waals surface area contributed by atoms with Crippen LogP contribution in [0.2, 0.25) is 0 Å². The van der Waals surface area contributed by atoms with E-state index in [0.29, 0.717) is 12.6 Å². The third kappa shape index (κ3) is 4.60. The number of carbonyl (C=O) groups is 1. The van der Waals surface area contributed by atoms with E-state index in [2.05, 4.69) is 39.9 Å². The minimum Gasteiger partial charge on any atom is -0.355 e. The molecule has 0 aliphatic heterocycles. The molecule has 6 nitrogen and oxygen atoms in total. The van der Waals surface area contributed by atoms with Gasteiger partial charge in [-0.25, -0.2) is 4.68 Å². The fraction of sp³-hybridized carbons (Fsp3) is 0.556. The third-order valence-corrected chi connectivity index (χ3v) is 5.78. The maximum atomic E-state index is 12.4. The standard InChI is InChI=1S/C18H25N5OS/c1-13(15-8-4-3-5-9-15)12-19-17(24)14(2)25-18-20-21-22-23(18)16-10-6-7-11-16/h3-5,8-9,13-14,16H,6-7,10-12H2,1-2H3,(H,19,24)/t13-,14-/m1/s1. The first-order valence-corrected chi connectivity index (χ1v) is 9.80. The van der Waals surface area contributed by atoms with Gasteiger partial charge in [-0.2, -0.15) is 0 Å². The Morgan fingerprint density at radius 1 is 1.28 bits per heavy atom. The predicted octanol–water partition coefficient (Wildman–Crippen LogP) is 3.19. The first-order valence-electron chi connectivity index (χ1n) is 8.92. The third-order valence-electron chi connectivity index (χ3n) is 4.74. The van der Waals surface area contributed by atoms with E-state index in [1.807, 2.05) is 29.8 Å². The second-order valence-electron chi connectivity index (χ2n) is 6.66. The van der Waals surface area contributed by atoms with Crippen LogP contribution in [0.3, 0.4) is 0 Å². The van der Waals surface area contributed by atoms with Crippen molar-refractivity contribution < 1.29 is 4.79 Å². The molecule has 1 amide bonds. The first-order chi connectivity index (χ1) is 12.1. The molecule has 0 bridgehead atoms. The number of aromatic nitrogens is 4. The molecule has 1 aliphatic rings. The van der Waals surface area contributed by atoms with Crippen molar-refractivity contribution in [3.63, 3.8) is 0 Å². The van der Waals surface area contributed by atoms with Crippen LogP contribution in [0.4, 0.5) is 0 Å². The minimum atomic E-state index is -0.228. The van der Waals surface area contributed by atoms with E-state index in [1.165, 1.54) is 30.2 Å². The highest BCUT2D eigenvalue weighted by Gasteiger charge is 2.24. The summed E-state index contributed by atoms with van der Waals surface area (Å²) in [5, 5.41) is 15.6. The smallest absolute Gasteiger partial charge is 0.233 e. The summed E-state index contributed by atoms with van der Waals surface area (Å²) in [6.45, 7) is 4.65. The Morgan fingerprint density at radius 3 is 2.72 bits per heavy atom. The van der Waals surface area contributed by atoms with Crippen molar-refractivity contribution in [2.24, 2.45) is 0 Å². The van der Waals surface area contributed by atoms with E-state index >= 15 is 0 Å². The molecule has 1 fully saturated rings. The van der Waals surface area contributed by atoms with Crippen LogP contribution in [0.15, 0.2) is 35.5 Å². The summed E-state index contributed by atoms with van der Waals surface area (Å²) in [5.41, 5.74) is 1.23. The molecule has 3 rings (SSSR count). The van der Waals surface area contributed by atoms with E-state index < -0.39 is 0 Å². The summed E-state index contributed by atoms with van der Waals surface area (Å²) in [4.78, 5) is 12.4. The Labute approximate surface area is 152 Å². The number of carbonyl (C=O) groups excluding carboxylic acids is 1. The van der Waals surface area contributed by atoms with E-state index in [9.17, 15) is 4.79 Å². The zero-order chi connectivity index (χ0) is 17.6. The van der Waals surface area contributed by atoms with Crippen LogP contribution in [0, 0.1) is 0 Å². The van der Waals surface area contributed by atoms with Gasteiger partial charge in [-0.05, 0) is 41.7 Å². The fourth-order valence-corrected chi connectivity index (χ4v) is 4.03. The highest BCUT2D eigenvalue weighted by molar-refractivity contribution is 8.00. The van der Waals surface area contributed by atoms with Gasteiger partial charge in [0.2, 0.25) is 11.1 Å². The molecule has 2 aromatic rings.